The smallest absolute Gasteiger partial charge is 0.251 e. The van der Waals surface area contributed by atoms with Crippen LogP contribution in [0.1, 0.15) is 49.5 Å². The van der Waals surface area contributed by atoms with E-state index in [-0.39, 0.29) is 11.3 Å². The highest BCUT2D eigenvalue weighted by atomic mass is 16.2. The summed E-state index contributed by atoms with van der Waals surface area (Å²) in [5.74, 6) is -0.820. The highest BCUT2D eigenvalue weighted by molar-refractivity contribution is 5.97. The van der Waals surface area contributed by atoms with Gasteiger partial charge >= 0.3 is 0 Å². The van der Waals surface area contributed by atoms with Crippen molar-refractivity contribution in [1.29, 1.82) is 0 Å². The number of rotatable bonds is 6. The molecule has 0 aliphatic carbocycles. The molecular formula is C17H24N2O2. The molecule has 0 bridgehead atoms. The fraction of sp³-hybridized carbons (Fsp3) is 0.412. The Kier molecular flexibility index (Phi) is 5.70. The van der Waals surface area contributed by atoms with Crippen LogP contribution in [0.2, 0.25) is 0 Å². The van der Waals surface area contributed by atoms with Crippen LogP contribution in [0.25, 0.3) is 0 Å². The van der Waals surface area contributed by atoms with Crippen molar-refractivity contribution in [1.82, 2.24) is 5.32 Å². The zero-order chi connectivity index (χ0) is 16.0. The van der Waals surface area contributed by atoms with Crippen LogP contribution in [0.15, 0.2) is 36.9 Å². The van der Waals surface area contributed by atoms with Gasteiger partial charge < -0.3 is 11.1 Å². The van der Waals surface area contributed by atoms with Gasteiger partial charge in [-0.2, -0.15) is 0 Å². The molecule has 4 nitrogen and oxygen atoms in total. The molecule has 2 amide bonds. The molecule has 0 heterocycles. The molecule has 1 aromatic rings. The molecule has 3 N–H and O–H groups in total. The van der Waals surface area contributed by atoms with E-state index in [1.807, 2.05) is 12.1 Å². The van der Waals surface area contributed by atoms with E-state index in [1.54, 1.807) is 18.2 Å². The molecule has 4 heteroatoms. The molecule has 0 unspecified atom stereocenters. The molecule has 0 radical (unpaired) electrons. The van der Waals surface area contributed by atoms with Gasteiger partial charge in [0.15, 0.2) is 0 Å². The van der Waals surface area contributed by atoms with E-state index in [2.05, 4.69) is 32.7 Å². The highest BCUT2D eigenvalue weighted by Gasteiger charge is 2.19. The maximum Gasteiger partial charge on any atom is 0.251 e. The van der Waals surface area contributed by atoms with Gasteiger partial charge in [-0.1, -0.05) is 39.0 Å². The molecule has 0 saturated carbocycles. The van der Waals surface area contributed by atoms with Crippen molar-refractivity contribution in [3.8, 4) is 0 Å². The lowest BCUT2D eigenvalue weighted by Crippen LogP contribution is -2.44. The third-order valence-corrected chi connectivity index (χ3v) is 3.32. The Balaban J connectivity index is 2.78. The van der Waals surface area contributed by atoms with Gasteiger partial charge in [0, 0.05) is 5.56 Å². The second kappa shape index (κ2) is 7.07. The first-order valence-corrected chi connectivity index (χ1v) is 7.07. The lowest BCUT2D eigenvalue weighted by atomic mass is 9.86. The summed E-state index contributed by atoms with van der Waals surface area (Å²) in [4.78, 5) is 23.5. The van der Waals surface area contributed by atoms with Crippen LogP contribution >= 0.6 is 0 Å². The summed E-state index contributed by atoms with van der Waals surface area (Å²) in [5, 5.41) is 2.66. The molecular weight excluding hydrogens is 264 g/mol. The number of carbonyl (C=O) groups is 2. The van der Waals surface area contributed by atoms with E-state index < -0.39 is 11.9 Å². The molecule has 1 atom stereocenters. The Bertz CT molecular complexity index is 513. The first kappa shape index (κ1) is 17.0. The van der Waals surface area contributed by atoms with Gasteiger partial charge in [-0.25, -0.2) is 0 Å². The van der Waals surface area contributed by atoms with Crippen molar-refractivity contribution in [2.75, 3.05) is 0 Å². The number of allylic oxidation sites excluding steroid dienone is 1. The van der Waals surface area contributed by atoms with Gasteiger partial charge in [-0.15, -0.1) is 6.58 Å². The SMILES string of the molecule is C=CCC[C@@H](NC(=O)c1ccc(C(C)(C)C)cc1)C(N)=O. The van der Waals surface area contributed by atoms with E-state index in [0.29, 0.717) is 18.4 Å². The Labute approximate surface area is 126 Å². The third-order valence-electron chi connectivity index (χ3n) is 3.32. The predicted octanol–water partition coefficient (Wildman–Crippen LogP) is 2.53. The van der Waals surface area contributed by atoms with Gasteiger partial charge in [-0.3, -0.25) is 9.59 Å². The number of nitrogens with two attached hydrogens (primary N) is 1. The number of amides is 2. The average Bonchev–Trinajstić information content (AvgIpc) is 2.42. The van der Waals surface area contributed by atoms with E-state index in [9.17, 15) is 9.59 Å². The number of carbonyl (C=O) groups excluding carboxylic acids is 2. The summed E-state index contributed by atoms with van der Waals surface area (Å²) in [6.45, 7) is 9.93. The normalized spacial score (nSPS) is 12.5. The highest BCUT2D eigenvalue weighted by Crippen LogP contribution is 2.22. The Morgan fingerprint density at radius 2 is 1.86 bits per heavy atom. The van der Waals surface area contributed by atoms with E-state index >= 15 is 0 Å². The fourth-order valence-electron chi connectivity index (χ4n) is 1.93. The van der Waals surface area contributed by atoms with Crippen molar-refractivity contribution in [2.45, 2.75) is 45.1 Å². The minimum Gasteiger partial charge on any atom is -0.368 e. The number of nitrogens with one attached hydrogen (secondary N) is 1. The average molecular weight is 288 g/mol. The zero-order valence-corrected chi connectivity index (χ0v) is 13.0. The topological polar surface area (TPSA) is 72.2 Å². The van der Waals surface area contributed by atoms with Crippen LogP contribution in [-0.4, -0.2) is 17.9 Å². The van der Waals surface area contributed by atoms with Crippen LogP contribution in [0.5, 0.6) is 0 Å². The molecule has 0 aromatic heterocycles. The predicted molar refractivity (Wildman–Crippen MR) is 85.0 cm³/mol. The summed E-state index contributed by atoms with van der Waals surface area (Å²) in [5.41, 5.74) is 7.00. The minimum absolute atomic E-state index is 0.0364. The monoisotopic (exact) mass is 288 g/mol. The van der Waals surface area contributed by atoms with E-state index in [1.165, 1.54) is 0 Å². The maximum absolute atomic E-state index is 12.1. The van der Waals surface area contributed by atoms with E-state index in [0.717, 1.165) is 5.56 Å². The number of benzene rings is 1. The molecule has 0 aliphatic rings. The quantitative estimate of drug-likeness (QED) is 0.790. The molecule has 1 rings (SSSR count). The van der Waals surface area contributed by atoms with Gasteiger partial charge in [0.05, 0.1) is 0 Å². The standard InChI is InChI=1S/C17H24N2O2/c1-5-6-7-14(15(18)20)19-16(21)12-8-10-13(11-9-12)17(2,3)4/h5,8-11,14H,1,6-7H2,2-4H3,(H2,18,20)(H,19,21)/t14-/m1/s1. The molecule has 21 heavy (non-hydrogen) atoms. The van der Waals surface area contributed by atoms with Gasteiger partial charge in [0.2, 0.25) is 5.91 Å². The van der Waals surface area contributed by atoms with E-state index in [4.69, 9.17) is 5.73 Å². The lowest BCUT2D eigenvalue weighted by Gasteiger charge is -2.19. The van der Waals surface area contributed by atoms with Crippen LogP contribution in [0.3, 0.4) is 0 Å². The molecule has 0 aliphatic heterocycles. The van der Waals surface area contributed by atoms with Crippen LogP contribution in [0.4, 0.5) is 0 Å². The molecule has 1 aromatic carbocycles. The second-order valence-electron chi connectivity index (χ2n) is 6.12. The first-order chi connectivity index (χ1) is 9.75. The minimum atomic E-state index is -0.669. The van der Waals surface area contributed by atoms with Gasteiger partial charge in [-0.05, 0) is 36.0 Å². The van der Waals surface area contributed by atoms with Crippen LogP contribution in [0, 0.1) is 0 Å². The number of primary amides is 1. The largest absolute Gasteiger partial charge is 0.368 e. The van der Waals surface area contributed by atoms with Crippen molar-refractivity contribution >= 4 is 11.8 Å². The lowest BCUT2D eigenvalue weighted by molar-refractivity contribution is -0.119. The molecule has 0 spiro atoms. The maximum atomic E-state index is 12.1. The second-order valence-corrected chi connectivity index (χ2v) is 6.12. The van der Waals surface area contributed by atoms with Crippen LogP contribution in [-0.2, 0) is 10.2 Å². The van der Waals surface area contributed by atoms with Gasteiger partial charge in [0.1, 0.15) is 6.04 Å². The summed E-state index contributed by atoms with van der Waals surface area (Å²) in [7, 11) is 0. The molecule has 114 valence electrons. The van der Waals surface area contributed by atoms with Crippen molar-refractivity contribution < 1.29 is 9.59 Å². The van der Waals surface area contributed by atoms with Crippen molar-refractivity contribution in [3.05, 3.63) is 48.0 Å². The summed E-state index contributed by atoms with van der Waals surface area (Å²) in [6.07, 6.45) is 2.78. The fourth-order valence-corrected chi connectivity index (χ4v) is 1.93. The summed E-state index contributed by atoms with van der Waals surface area (Å²) >= 11 is 0. The molecule has 0 saturated heterocycles. The Morgan fingerprint density at radius 1 is 1.29 bits per heavy atom. The number of hydrogen-bond acceptors (Lipinski definition) is 2. The Morgan fingerprint density at radius 3 is 2.29 bits per heavy atom. The van der Waals surface area contributed by atoms with Crippen molar-refractivity contribution in [2.24, 2.45) is 5.73 Å². The van der Waals surface area contributed by atoms with Crippen molar-refractivity contribution in [3.63, 3.8) is 0 Å². The van der Waals surface area contributed by atoms with Gasteiger partial charge in [0.25, 0.3) is 5.91 Å². The first-order valence-electron chi connectivity index (χ1n) is 7.07. The number of hydrogen-bond donors (Lipinski definition) is 2. The van der Waals surface area contributed by atoms with Crippen LogP contribution < -0.4 is 11.1 Å². The zero-order valence-electron chi connectivity index (χ0n) is 13.0. The summed E-state index contributed by atoms with van der Waals surface area (Å²) in [6, 6.07) is 6.72. The Hall–Kier alpha value is -2.10. The third kappa shape index (κ3) is 5.06. The molecule has 0 fully saturated rings. The summed E-state index contributed by atoms with van der Waals surface area (Å²) < 4.78 is 0.